The zero-order chi connectivity index (χ0) is 13.8. The lowest BCUT2D eigenvalue weighted by atomic mass is 10.1. The number of rotatable bonds is 4. The van der Waals surface area contributed by atoms with Crippen LogP contribution in [0.25, 0.3) is 0 Å². The van der Waals surface area contributed by atoms with Crippen LogP contribution >= 0.6 is 23.2 Å². The third kappa shape index (κ3) is 3.40. The molecule has 2 aromatic carbocycles. The van der Waals surface area contributed by atoms with E-state index in [1.54, 1.807) is 18.2 Å². The summed E-state index contributed by atoms with van der Waals surface area (Å²) in [6.45, 7) is 0. The molecule has 3 N–H and O–H groups in total. The van der Waals surface area contributed by atoms with Gasteiger partial charge in [0.1, 0.15) is 6.04 Å². The fraction of sp³-hybridized carbons (Fsp3) is 0.0714. The molecule has 1 atom stereocenters. The number of nitrogens with one attached hydrogen (secondary N) is 1. The summed E-state index contributed by atoms with van der Waals surface area (Å²) in [5.74, 6) is -0.520. The predicted octanol–water partition coefficient (Wildman–Crippen LogP) is 3.63. The standard InChI is InChI=1S/C14H12Cl2N2O/c15-9-6-7-12(16)11(8-9)13(14(17)19)18-10-4-2-1-3-5-10/h1-8,13,18H,(H2,17,19). The highest BCUT2D eigenvalue weighted by Gasteiger charge is 2.20. The summed E-state index contributed by atoms with van der Waals surface area (Å²) in [5, 5.41) is 3.99. The summed E-state index contributed by atoms with van der Waals surface area (Å²) in [7, 11) is 0. The Morgan fingerprint density at radius 3 is 2.42 bits per heavy atom. The van der Waals surface area contributed by atoms with Crippen LogP contribution in [0.4, 0.5) is 5.69 Å². The minimum Gasteiger partial charge on any atom is -0.370 e. The minimum atomic E-state index is -0.728. The van der Waals surface area contributed by atoms with E-state index in [0.717, 1.165) is 5.69 Å². The molecule has 0 saturated carbocycles. The molecule has 0 spiro atoms. The monoisotopic (exact) mass is 294 g/mol. The number of benzene rings is 2. The lowest BCUT2D eigenvalue weighted by molar-refractivity contribution is -0.118. The van der Waals surface area contributed by atoms with Crippen molar-refractivity contribution < 1.29 is 4.79 Å². The molecule has 2 aromatic rings. The van der Waals surface area contributed by atoms with E-state index in [1.165, 1.54) is 0 Å². The van der Waals surface area contributed by atoms with Crippen LogP contribution in [0.1, 0.15) is 11.6 Å². The van der Waals surface area contributed by atoms with Gasteiger partial charge in [0, 0.05) is 21.3 Å². The summed E-state index contributed by atoms with van der Waals surface area (Å²) in [5.41, 5.74) is 6.77. The number of primary amides is 1. The first-order chi connectivity index (χ1) is 9.08. The average Bonchev–Trinajstić information content (AvgIpc) is 2.40. The molecule has 0 aliphatic carbocycles. The van der Waals surface area contributed by atoms with E-state index in [4.69, 9.17) is 28.9 Å². The van der Waals surface area contributed by atoms with Gasteiger partial charge in [0.15, 0.2) is 0 Å². The van der Waals surface area contributed by atoms with Crippen LogP contribution in [0.3, 0.4) is 0 Å². The van der Waals surface area contributed by atoms with Crippen LogP contribution in [0.5, 0.6) is 0 Å². The first kappa shape index (κ1) is 13.7. The molecule has 0 aliphatic rings. The second-order valence-electron chi connectivity index (χ2n) is 4.01. The number of carbonyl (C=O) groups excluding carboxylic acids is 1. The summed E-state index contributed by atoms with van der Waals surface area (Å²) in [6, 6.07) is 13.5. The number of hydrogen-bond donors (Lipinski definition) is 2. The summed E-state index contributed by atoms with van der Waals surface area (Å²) in [6.07, 6.45) is 0. The van der Waals surface area contributed by atoms with Gasteiger partial charge in [-0.25, -0.2) is 0 Å². The van der Waals surface area contributed by atoms with Crippen LogP contribution in [-0.2, 0) is 4.79 Å². The Labute approximate surface area is 121 Å². The summed E-state index contributed by atoms with van der Waals surface area (Å²) < 4.78 is 0. The van der Waals surface area contributed by atoms with Crippen molar-refractivity contribution in [2.45, 2.75) is 6.04 Å². The van der Waals surface area contributed by atoms with Gasteiger partial charge in [-0.2, -0.15) is 0 Å². The number of anilines is 1. The van der Waals surface area contributed by atoms with Crippen LogP contribution < -0.4 is 11.1 Å². The lowest BCUT2D eigenvalue weighted by Crippen LogP contribution is -2.28. The van der Waals surface area contributed by atoms with Gasteiger partial charge in [-0.3, -0.25) is 4.79 Å². The molecule has 19 heavy (non-hydrogen) atoms. The number of para-hydroxylation sites is 1. The molecule has 1 amide bonds. The largest absolute Gasteiger partial charge is 0.370 e. The van der Waals surface area contributed by atoms with Gasteiger partial charge in [-0.1, -0.05) is 41.4 Å². The normalized spacial score (nSPS) is 11.9. The van der Waals surface area contributed by atoms with Crippen molar-refractivity contribution in [1.82, 2.24) is 0 Å². The molecule has 0 saturated heterocycles. The van der Waals surface area contributed by atoms with E-state index in [9.17, 15) is 4.79 Å². The van der Waals surface area contributed by atoms with Crippen molar-refractivity contribution in [2.24, 2.45) is 5.73 Å². The Morgan fingerprint density at radius 2 is 1.79 bits per heavy atom. The molecular formula is C14H12Cl2N2O. The van der Waals surface area contributed by atoms with Crippen LogP contribution in [0.15, 0.2) is 48.5 Å². The molecule has 3 nitrogen and oxygen atoms in total. The molecule has 98 valence electrons. The molecule has 2 rings (SSSR count). The van der Waals surface area contributed by atoms with E-state index >= 15 is 0 Å². The van der Waals surface area contributed by atoms with Crippen LogP contribution in [-0.4, -0.2) is 5.91 Å². The molecule has 0 heterocycles. The molecule has 0 aliphatic heterocycles. The highest BCUT2D eigenvalue weighted by molar-refractivity contribution is 6.33. The van der Waals surface area contributed by atoms with E-state index < -0.39 is 11.9 Å². The average molecular weight is 295 g/mol. The van der Waals surface area contributed by atoms with Crippen molar-refractivity contribution in [2.75, 3.05) is 5.32 Å². The zero-order valence-corrected chi connectivity index (χ0v) is 11.4. The van der Waals surface area contributed by atoms with Gasteiger partial charge in [-0.05, 0) is 30.3 Å². The van der Waals surface area contributed by atoms with E-state index in [1.807, 2.05) is 30.3 Å². The van der Waals surface area contributed by atoms with Gasteiger partial charge in [0.05, 0.1) is 0 Å². The van der Waals surface area contributed by atoms with E-state index in [0.29, 0.717) is 15.6 Å². The second-order valence-corrected chi connectivity index (χ2v) is 4.86. The Balaban J connectivity index is 2.35. The quantitative estimate of drug-likeness (QED) is 0.905. The van der Waals surface area contributed by atoms with Crippen molar-refractivity contribution in [3.63, 3.8) is 0 Å². The molecular weight excluding hydrogens is 283 g/mol. The Kier molecular flexibility index (Phi) is 4.30. The van der Waals surface area contributed by atoms with E-state index in [2.05, 4.69) is 5.32 Å². The number of hydrogen-bond acceptors (Lipinski definition) is 2. The maximum atomic E-state index is 11.6. The van der Waals surface area contributed by atoms with Crippen molar-refractivity contribution >= 4 is 34.8 Å². The Hall–Kier alpha value is -1.71. The zero-order valence-electron chi connectivity index (χ0n) is 9.94. The predicted molar refractivity (Wildman–Crippen MR) is 78.5 cm³/mol. The SMILES string of the molecule is NC(=O)C(Nc1ccccc1)c1cc(Cl)ccc1Cl. The van der Waals surface area contributed by atoms with Gasteiger partial charge in [-0.15, -0.1) is 0 Å². The lowest BCUT2D eigenvalue weighted by Gasteiger charge is -2.18. The van der Waals surface area contributed by atoms with Crippen molar-refractivity contribution in [1.29, 1.82) is 0 Å². The van der Waals surface area contributed by atoms with E-state index in [-0.39, 0.29) is 0 Å². The molecule has 0 radical (unpaired) electrons. The molecule has 0 aromatic heterocycles. The fourth-order valence-corrected chi connectivity index (χ4v) is 2.15. The maximum absolute atomic E-state index is 11.6. The van der Waals surface area contributed by atoms with Gasteiger partial charge in [0.2, 0.25) is 5.91 Å². The third-order valence-electron chi connectivity index (χ3n) is 2.64. The minimum absolute atomic E-state index is 0.441. The van der Waals surface area contributed by atoms with Crippen molar-refractivity contribution in [3.05, 3.63) is 64.1 Å². The molecule has 0 fully saturated rings. The smallest absolute Gasteiger partial charge is 0.244 e. The Bertz CT molecular complexity index is 587. The number of amides is 1. The third-order valence-corrected chi connectivity index (χ3v) is 3.22. The van der Waals surface area contributed by atoms with Gasteiger partial charge in [0.25, 0.3) is 0 Å². The molecule has 5 heteroatoms. The summed E-state index contributed by atoms with van der Waals surface area (Å²) in [4.78, 5) is 11.6. The second kappa shape index (κ2) is 5.95. The highest BCUT2D eigenvalue weighted by atomic mass is 35.5. The summed E-state index contributed by atoms with van der Waals surface area (Å²) >= 11 is 12.0. The molecule has 0 bridgehead atoms. The van der Waals surface area contributed by atoms with Gasteiger partial charge < -0.3 is 11.1 Å². The number of nitrogens with two attached hydrogens (primary N) is 1. The van der Waals surface area contributed by atoms with Gasteiger partial charge >= 0.3 is 0 Å². The fourth-order valence-electron chi connectivity index (χ4n) is 1.74. The van der Waals surface area contributed by atoms with Crippen LogP contribution in [0.2, 0.25) is 10.0 Å². The maximum Gasteiger partial charge on any atom is 0.244 e. The van der Waals surface area contributed by atoms with Crippen molar-refractivity contribution in [3.8, 4) is 0 Å². The number of halogens is 2. The first-order valence-electron chi connectivity index (χ1n) is 5.64. The Morgan fingerprint density at radius 1 is 1.11 bits per heavy atom. The van der Waals surface area contributed by atoms with Crippen LogP contribution in [0, 0.1) is 0 Å². The highest BCUT2D eigenvalue weighted by Crippen LogP contribution is 2.28. The molecule has 1 unspecified atom stereocenters. The first-order valence-corrected chi connectivity index (χ1v) is 6.39. The number of carbonyl (C=O) groups is 1. The topological polar surface area (TPSA) is 55.1 Å².